The molecule has 0 radical (unpaired) electrons. The molecule has 49 valence electrons. The van der Waals surface area contributed by atoms with Crippen LogP contribution in [0.3, 0.4) is 0 Å². The number of rotatable bonds is 1. The molecule has 1 aliphatic carbocycles. The summed E-state index contributed by atoms with van der Waals surface area (Å²) in [7, 11) is 0. The maximum atomic E-state index is 2.29. The first-order valence-electron chi connectivity index (χ1n) is 3.22. The average Bonchev–Trinajstić information content (AvgIpc) is 2.15. The largest absolute Gasteiger partial charge is 1.00 e. The zero-order valence-electron chi connectivity index (χ0n) is 7.94. The van der Waals surface area contributed by atoms with Gasteiger partial charge in [-0.15, -0.1) is 0 Å². The Balaban J connectivity index is 0. The van der Waals surface area contributed by atoms with Crippen molar-refractivity contribution in [2.75, 3.05) is 0 Å². The van der Waals surface area contributed by atoms with Crippen molar-refractivity contribution in [3.8, 4) is 0 Å². The van der Waals surface area contributed by atoms with Crippen LogP contribution in [0.25, 0.3) is 0 Å². The van der Waals surface area contributed by atoms with E-state index in [1.807, 2.05) is 0 Å². The molecule has 0 aromatic rings. The van der Waals surface area contributed by atoms with Crippen LogP contribution in [0.2, 0.25) is 0 Å². The van der Waals surface area contributed by atoms with Gasteiger partial charge in [0.15, 0.2) is 0 Å². The third kappa shape index (κ3) is 2.53. The van der Waals surface area contributed by atoms with E-state index in [4.69, 9.17) is 0 Å². The van der Waals surface area contributed by atoms with E-state index in [1.54, 1.807) is 6.49 Å². The molecule has 0 nitrogen and oxygen atoms in total. The average molecular weight is 200 g/mol. The molecule has 0 unspecified atom stereocenters. The van der Waals surface area contributed by atoms with Gasteiger partial charge in [0.25, 0.3) is 0 Å². The molecule has 0 heterocycles. The van der Waals surface area contributed by atoms with E-state index < -0.39 is 0 Å². The molecule has 0 atom stereocenters. The minimum Gasteiger partial charge on any atom is -1.00 e. The second-order valence-corrected chi connectivity index (χ2v) is 7.10. The second-order valence-electron chi connectivity index (χ2n) is 2.45. The molecular formula is C8H13Zr. The molecule has 0 N–H and O–H groups in total. The summed E-state index contributed by atoms with van der Waals surface area (Å²) in [5, 5.41) is 0. The van der Waals surface area contributed by atoms with Gasteiger partial charge in [0.1, 0.15) is 0 Å². The van der Waals surface area contributed by atoms with Crippen molar-refractivity contribution in [2.45, 2.75) is 20.3 Å². The van der Waals surface area contributed by atoms with E-state index in [9.17, 15) is 0 Å². The molecule has 0 spiro atoms. The summed E-state index contributed by atoms with van der Waals surface area (Å²) in [5.41, 5.74) is 0. The molecule has 1 rings (SSSR count). The van der Waals surface area contributed by atoms with E-state index >= 15 is 0 Å². The molecule has 0 fully saturated rings. The van der Waals surface area contributed by atoms with Gasteiger partial charge in [-0.1, -0.05) is 0 Å². The van der Waals surface area contributed by atoms with Gasteiger partial charge < -0.3 is 2.85 Å². The van der Waals surface area contributed by atoms with E-state index in [2.05, 4.69) is 32.1 Å². The zero-order valence-corrected chi connectivity index (χ0v) is 8.40. The summed E-state index contributed by atoms with van der Waals surface area (Å²) in [6.07, 6.45) is 7.97. The van der Waals surface area contributed by atoms with E-state index in [0.29, 0.717) is 0 Å². The van der Waals surface area contributed by atoms with Crippen molar-refractivity contribution < 1.29 is 25.6 Å². The first-order chi connectivity index (χ1) is 4.29. The quantitative estimate of drug-likeness (QED) is 0.609. The van der Waals surface area contributed by atoms with E-state index in [1.165, 1.54) is 6.42 Å². The van der Waals surface area contributed by atoms with Crippen molar-refractivity contribution in [1.29, 1.82) is 0 Å². The maximum absolute atomic E-state index is 2.29. The molecule has 0 aromatic heterocycles. The van der Waals surface area contributed by atoms with Gasteiger partial charge in [0.05, 0.1) is 0 Å². The van der Waals surface area contributed by atoms with Crippen LogP contribution in [0, 0.1) is 0 Å². The molecule has 0 aliphatic heterocycles. The molecule has 0 saturated carbocycles. The Morgan fingerprint density at radius 2 is 2.44 bits per heavy atom. The molecule has 0 aromatic carbocycles. The van der Waals surface area contributed by atoms with Crippen LogP contribution in [-0.2, 0) is 22.8 Å². The van der Waals surface area contributed by atoms with Crippen molar-refractivity contribution in [1.82, 2.24) is 0 Å². The molecule has 1 aliphatic rings. The van der Waals surface area contributed by atoms with Crippen LogP contribution in [0.5, 0.6) is 0 Å². The van der Waals surface area contributed by atoms with Gasteiger partial charge in [-0.25, -0.2) is 0 Å². The van der Waals surface area contributed by atoms with Crippen LogP contribution < -0.4 is 0 Å². The van der Waals surface area contributed by atoms with Crippen LogP contribution in [0.15, 0.2) is 21.5 Å². The van der Waals surface area contributed by atoms with Crippen molar-refractivity contribution in [3.05, 3.63) is 21.5 Å². The monoisotopic (exact) mass is 199 g/mol. The van der Waals surface area contributed by atoms with Crippen molar-refractivity contribution in [3.63, 3.8) is 0 Å². The van der Waals surface area contributed by atoms with E-state index in [-0.39, 0.29) is 25.6 Å². The summed E-state index contributed by atoms with van der Waals surface area (Å²) in [6, 6.07) is 0. The topological polar surface area (TPSA) is 0 Å². The summed E-state index contributed by atoms with van der Waals surface area (Å²) >= 11 is -0.220. The minimum atomic E-state index is -0.220. The fraction of sp³-hybridized carbons (Fsp3) is 0.375. The third-order valence-corrected chi connectivity index (χ3v) is 4.11. The smallest absolute Gasteiger partial charge is 1.00 e. The van der Waals surface area contributed by atoms with E-state index in [0.717, 1.165) is 0 Å². The van der Waals surface area contributed by atoms with Crippen molar-refractivity contribution in [2.24, 2.45) is 0 Å². The zero-order chi connectivity index (χ0) is 6.69. The summed E-state index contributed by atoms with van der Waals surface area (Å²) in [4.78, 5) is 0. The van der Waals surface area contributed by atoms with Crippen LogP contribution in [-0.4, -0.2) is 3.21 Å². The van der Waals surface area contributed by atoms with Gasteiger partial charge >= 0.3 is 67.7 Å². The predicted molar refractivity (Wildman–Crippen MR) is 40.4 cm³/mol. The summed E-state index contributed by atoms with van der Waals surface area (Å²) in [5.74, 6) is 0. The summed E-state index contributed by atoms with van der Waals surface area (Å²) in [6.45, 7) is 4.51. The predicted octanol–water partition coefficient (Wildman–Crippen LogP) is 2.35. The Hall–Kier alpha value is 0.233. The Labute approximate surface area is 70.7 Å². The van der Waals surface area contributed by atoms with Crippen LogP contribution in [0.4, 0.5) is 0 Å². The maximum Gasteiger partial charge on any atom is -1.00 e. The fourth-order valence-corrected chi connectivity index (χ4v) is 3.42. The number of allylic oxidation sites excluding steroid dienone is 4. The normalized spacial score (nSPS) is 15.1. The Morgan fingerprint density at radius 1 is 1.67 bits per heavy atom. The third-order valence-electron chi connectivity index (χ3n) is 1.18. The van der Waals surface area contributed by atoms with Crippen LogP contribution >= 0.6 is 0 Å². The van der Waals surface area contributed by atoms with Gasteiger partial charge in [0, 0.05) is 0 Å². The van der Waals surface area contributed by atoms with Gasteiger partial charge in [0.2, 0.25) is 0 Å². The first kappa shape index (κ1) is 7.34. The Morgan fingerprint density at radius 3 is 2.89 bits per heavy atom. The molecule has 0 amide bonds. The molecule has 9 heavy (non-hydrogen) atoms. The number of hydrogen-bond acceptors (Lipinski definition) is 0. The van der Waals surface area contributed by atoms with Gasteiger partial charge in [-0.2, -0.15) is 0 Å². The van der Waals surface area contributed by atoms with Gasteiger partial charge in [-0.05, 0) is 0 Å². The fourth-order valence-electron chi connectivity index (χ4n) is 0.861. The molecule has 0 saturated heterocycles. The first-order valence-corrected chi connectivity index (χ1v) is 5.68. The second kappa shape index (κ2) is 3.41. The Kier molecular flexibility index (Phi) is 2.78. The van der Waals surface area contributed by atoms with Gasteiger partial charge in [-0.3, -0.25) is 0 Å². The minimum absolute atomic E-state index is 0. The number of hydrogen-bond donors (Lipinski definition) is 0. The Bertz CT molecular complexity index is 188. The summed E-state index contributed by atoms with van der Waals surface area (Å²) < 4.78 is 3.40. The standard InChI is InChI=1S/C5H5.C3H6.Zr.2H/c1-2-4-5-3-1;1-3-2;;;/h1-3H,4H2;1-2H3;;;/q;;+2;2*-1. The molecular weight excluding hydrogens is 187 g/mol. The van der Waals surface area contributed by atoms with Crippen LogP contribution in [0.1, 0.15) is 23.1 Å². The van der Waals surface area contributed by atoms with Crippen molar-refractivity contribution >= 4 is 3.21 Å². The molecule has 0 bridgehead atoms. The molecule has 1 heteroatoms. The SMILES string of the molecule is C[C](C)=[Zr+2][C]1=CC=CC1.[H-].[H-].